The van der Waals surface area contributed by atoms with Crippen LogP contribution in [0.15, 0.2) is 84.9 Å². The molecule has 5 heteroatoms. The van der Waals surface area contributed by atoms with Gasteiger partial charge in [0.2, 0.25) is 0 Å². The molecular formula is C33H37ClN2O2. The second-order valence-corrected chi connectivity index (χ2v) is 11.0. The Kier molecular flexibility index (Phi) is 9.16. The van der Waals surface area contributed by atoms with E-state index in [0.717, 1.165) is 49.9 Å². The van der Waals surface area contributed by atoms with Gasteiger partial charge < -0.3 is 9.64 Å². The SMILES string of the molecule is O=C(Oc1ccc(-c2ccc(Cl)cc2)cc1)N(CCc1ccc(CN2CCCC2)cc1)CC1CC=CCC1. The number of likely N-dealkylation sites (tertiary alicyclic amines) is 1. The molecule has 1 heterocycles. The van der Waals surface area contributed by atoms with Crippen LogP contribution in [-0.2, 0) is 13.0 Å². The molecule has 3 aromatic rings. The lowest BCUT2D eigenvalue weighted by molar-refractivity contribution is 0.142. The second kappa shape index (κ2) is 13.1. The van der Waals surface area contributed by atoms with Gasteiger partial charge in [0.05, 0.1) is 0 Å². The fraction of sp³-hybridized carbons (Fsp3) is 0.364. The minimum Gasteiger partial charge on any atom is -0.410 e. The van der Waals surface area contributed by atoms with Gasteiger partial charge in [0.15, 0.2) is 0 Å². The smallest absolute Gasteiger partial charge is 0.410 e. The Hall–Kier alpha value is -3.08. The Morgan fingerprint density at radius 1 is 0.868 bits per heavy atom. The normalized spacial score (nSPS) is 17.4. The summed E-state index contributed by atoms with van der Waals surface area (Å²) in [6.07, 6.45) is 10.9. The molecule has 0 saturated carbocycles. The Bertz CT molecular complexity index is 1200. The Morgan fingerprint density at radius 3 is 2.18 bits per heavy atom. The van der Waals surface area contributed by atoms with Crippen molar-refractivity contribution in [1.82, 2.24) is 9.80 Å². The highest BCUT2D eigenvalue weighted by Gasteiger charge is 2.21. The van der Waals surface area contributed by atoms with Crippen molar-refractivity contribution in [2.24, 2.45) is 5.92 Å². The van der Waals surface area contributed by atoms with E-state index in [4.69, 9.17) is 16.3 Å². The molecule has 198 valence electrons. The van der Waals surface area contributed by atoms with Gasteiger partial charge in [0.1, 0.15) is 5.75 Å². The standard InChI is InChI=1S/C33H37ClN2O2/c34-31-16-12-29(13-17-31)30-14-18-32(19-15-30)38-33(37)36(25-27-6-2-1-3-7-27)23-20-26-8-10-28(11-9-26)24-35-21-4-5-22-35/h1-2,8-19,27H,3-7,20-25H2. The van der Waals surface area contributed by atoms with Crippen molar-refractivity contribution in [3.63, 3.8) is 0 Å². The summed E-state index contributed by atoms with van der Waals surface area (Å²) in [5, 5.41) is 0.714. The molecule has 4 nitrogen and oxygen atoms in total. The van der Waals surface area contributed by atoms with Gasteiger partial charge in [0, 0.05) is 24.7 Å². The summed E-state index contributed by atoms with van der Waals surface area (Å²) >= 11 is 6.02. The number of amides is 1. The lowest BCUT2D eigenvalue weighted by atomic mass is 9.94. The van der Waals surface area contributed by atoms with E-state index < -0.39 is 0 Å². The van der Waals surface area contributed by atoms with E-state index >= 15 is 0 Å². The summed E-state index contributed by atoms with van der Waals surface area (Å²) in [4.78, 5) is 17.7. The highest BCUT2D eigenvalue weighted by Crippen LogP contribution is 2.25. The molecule has 0 bridgehead atoms. The number of nitrogens with zero attached hydrogens (tertiary/aromatic N) is 2. The van der Waals surface area contributed by atoms with Crippen LogP contribution in [0.3, 0.4) is 0 Å². The van der Waals surface area contributed by atoms with Gasteiger partial charge >= 0.3 is 6.09 Å². The highest BCUT2D eigenvalue weighted by molar-refractivity contribution is 6.30. The van der Waals surface area contributed by atoms with Gasteiger partial charge in [-0.25, -0.2) is 4.79 Å². The quantitative estimate of drug-likeness (QED) is 0.264. The number of hydrogen-bond acceptors (Lipinski definition) is 3. The molecule has 1 amide bonds. The van der Waals surface area contributed by atoms with Gasteiger partial charge in [0.25, 0.3) is 0 Å². The third kappa shape index (κ3) is 7.49. The van der Waals surface area contributed by atoms with E-state index in [1.165, 1.54) is 37.1 Å². The predicted octanol–water partition coefficient (Wildman–Crippen LogP) is 8.00. The summed E-state index contributed by atoms with van der Waals surface area (Å²) in [5.74, 6) is 1.04. The first-order valence-electron chi connectivity index (χ1n) is 13.9. The van der Waals surface area contributed by atoms with Crippen molar-refractivity contribution in [2.75, 3.05) is 26.2 Å². The summed E-state index contributed by atoms with van der Waals surface area (Å²) in [6.45, 7) is 4.81. The maximum absolute atomic E-state index is 13.3. The van der Waals surface area contributed by atoms with Crippen molar-refractivity contribution in [2.45, 2.75) is 45.1 Å². The van der Waals surface area contributed by atoms with Gasteiger partial charge in [-0.1, -0.05) is 72.3 Å². The zero-order chi connectivity index (χ0) is 26.2. The van der Waals surface area contributed by atoms with E-state index in [-0.39, 0.29) is 6.09 Å². The van der Waals surface area contributed by atoms with Crippen molar-refractivity contribution >= 4 is 17.7 Å². The van der Waals surface area contributed by atoms with Crippen LogP contribution in [0, 0.1) is 5.92 Å². The molecule has 0 N–H and O–H groups in total. The number of rotatable bonds is 9. The van der Waals surface area contributed by atoms with Crippen molar-refractivity contribution < 1.29 is 9.53 Å². The summed E-state index contributed by atoms with van der Waals surface area (Å²) in [7, 11) is 0. The molecule has 0 radical (unpaired) electrons. The van der Waals surface area contributed by atoms with Crippen LogP contribution in [0.2, 0.25) is 5.02 Å². The largest absolute Gasteiger partial charge is 0.415 e. The monoisotopic (exact) mass is 528 g/mol. The van der Waals surface area contributed by atoms with E-state index in [2.05, 4.69) is 41.3 Å². The minimum absolute atomic E-state index is 0.274. The van der Waals surface area contributed by atoms with E-state index in [9.17, 15) is 4.79 Å². The lowest BCUT2D eigenvalue weighted by Gasteiger charge is -2.28. The molecule has 1 aliphatic heterocycles. The third-order valence-electron chi connectivity index (χ3n) is 7.65. The summed E-state index contributed by atoms with van der Waals surface area (Å²) in [6, 6.07) is 24.3. The molecule has 1 fully saturated rings. The number of allylic oxidation sites excluding steroid dienone is 2. The van der Waals surface area contributed by atoms with Crippen molar-refractivity contribution in [3.8, 4) is 16.9 Å². The molecule has 38 heavy (non-hydrogen) atoms. The first-order valence-corrected chi connectivity index (χ1v) is 14.3. The number of hydrogen-bond donors (Lipinski definition) is 0. The summed E-state index contributed by atoms with van der Waals surface area (Å²) in [5.41, 5.74) is 4.75. The fourth-order valence-corrected chi connectivity index (χ4v) is 5.51. The zero-order valence-corrected chi connectivity index (χ0v) is 22.8. The first-order chi connectivity index (χ1) is 18.6. The predicted molar refractivity (Wildman–Crippen MR) is 156 cm³/mol. The van der Waals surface area contributed by atoms with Gasteiger partial charge in [-0.2, -0.15) is 0 Å². The van der Waals surface area contributed by atoms with Crippen molar-refractivity contribution in [3.05, 3.63) is 101 Å². The van der Waals surface area contributed by atoms with Crippen LogP contribution in [0.1, 0.15) is 43.2 Å². The zero-order valence-electron chi connectivity index (χ0n) is 22.0. The molecule has 1 saturated heterocycles. The van der Waals surface area contributed by atoms with Gasteiger partial charge in [-0.05, 0) is 104 Å². The third-order valence-corrected chi connectivity index (χ3v) is 7.90. The number of benzene rings is 3. The Labute approximate surface area is 231 Å². The topological polar surface area (TPSA) is 32.8 Å². The van der Waals surface area contributed by atoms with Crippen LogP contribution in [0.4, 0.5) is 4.79 Å². The first kappa shape index (κ1) is 26.5. The maximum atomic E-state index is 13.3. The van der Waals surface area contributed by atoms with E-state index in [1.807, 2.05) is 53.4 Å². The molecular weight excluding hydrogens is 492 g/mol. The van der Waals surface area contributed by atoms with Gasteiger partial charge in [-0.3, -0.25) is 4.90 Å². The molecule has 2 aliphatic rings. The Balaban J connectivity index is 1.20. The highest BCUT2D eigenvalue weighted by atomic mass is 35.5. The molecule has 1 aliphatic carbocycles. The minimum atomic E-state index is -0.274. The molecule has 3 aromatic carbocycles. The van der Waals surface area contributed by atoms with Crippen LogP contribution < -0.4 is 4.74 Å². The van der Waals surface area contributed by atoms with E-state index in [1.54, 1.807) is 0 Å². The molecule has 5 rings (SSSR count). The fourth-order valence-electron chi connectivity index (χ4n) is 5.39. The maximum Gasteiger partial charge on any atom is 0.415 e. The molecule has 1 atom stereocenters. The molecule has 0 aromatic heterocycles. The number of ether oxygens (including phenoxy) is 1. The van der Waals surface area contributed by atoms with Crippen LogP contribution >= 0.6 is 11.6 Å². The summed E-state index contributed by atoms with van der Waals surface area (Å²) < 4.78 is 5.85. The average Bonchev–Trinajstić information content (AvgIpc) is 3.46. The molecule has 1 unspecified atom stereocenters. The van der Waals surface area contributed by atoms with Crippen molar-refractivity contribution in [1.29, 1.82) is 0 Å². The number of carbonyl (C=O) groups excluding carboxylic acids is 1. The van der Waals surface area contributed by atoms with E-state index in [0.29, 0.717) is 23.2 Å². The average molecular weight is 529 g/mol. The van der Waals surface area contributed by atoms with Crippen LogP contribution in [0.25, 0.3) is 11.1 Å². The number of halogens is 1. The van der Waals surface area contributed by atoms with Crippen LogP contribution in [-0.4, -0.2) is 42.1 Å². The lowest BCUT2D eigenvalue weighted by Crippen LogP contribution is -2.39. The Morgan fingerprint density at radius 2 is 1.53 bits per heavy atom. The van der Waals surface area contributed by atoms with Crippen LogP contribution in [0.5, 0.6) is 5.75 Å². The molecule has 0 spiro atoms. The van der Waals surface area contributed by atoms with Gasteiger partial charge in [-0.15, -0.1) is 0 Å². The number of carbonyl (C=O) groups is 1. The second-order valence-electron chi connectivity index (χ2n) is 10.5.